The summed E-state index contributed by atoms with van der Waals surface area (Å²) < 4.78 is 17.4. The van der Waals surface area contributed by atoms with Gasteiger partial charge in [-0.2, -0.15) is 0 Å². The predicted octanol–water partition coefficient (Wildman–Crippen LogP) is 3.84. The number of amides is 2. The van der Waals surface area contributed by atoms with Crippen molar-refractivity contribution in [2.75, 3.05) is 45.2 Å². The van der Waals surface area contributed by atoms with Crippen molar-refractivity contribution in [1.82, 2.24) is 9.80 Å². The number of carbonyl (C=O) groups excluding carboxylic acids is 2. The molecule has 1 aliphatic carbocycles. The fourth-order valence-electron chi connectivity index (χ4n) is 5.27. The Morgan fingerprint density at radius 3 is 2.50 bits per heavy atom. The Morgan fingerprint density at radius 1 is 0.944 bits per heavy atom. The summed E-state index contributed by atoms with van der Waals surface area (Å²) in [5.41, 5.74) is 1.83. The highest BCUT2D eigenvalue weighted by Gasteiger charge is 2.44. The van der Waals surface area contributed by atoms with Gasteiger partial charge in [-0.15, -0.1) is 0 Å². The van der Waals surface area contributed by atoms with Crippen LogP contribution in [-0.2, 0) is 16.0 Å². The lowest BCUT2D eigenvalue weighted by atomic mass is 10.1. The van der Waals surface area contributed by atoms with Crippen LogP contribution < -0.4 is 19.5 Å². The summed E-state index contributed by atoms with van der Waals surface area (Å²) in [6, 6.07) is 13.4. The fourth-order valence-corrected chi connectivity index (χ4v) is 5.27. The molecule has 2 amide bonds. The van der Waals surface area contributed by atoms with Crippen molar-refractivity contribution >= 4 is 17.5 Å². The van der Waals surface area contributed by atoms with Crippen LogP contribution >= 0.6 is 0 Å². The normalized spacial score (nSPS) is 18.8. The van der Waals surface area contributed by atoms with Crippen molar-refractivity contribution in [3.63, 3.8) is 0 Å². The first-order valence-corrected chi connectivity index (χ1v) is 13.0. The van der Waals surface area contributed by atoms with Gasteiger partial charge in [0.05, 0.1) is 13.7 Å². The van der Waals surface area contributed by atoms with Crippen LogP contribution in [0.4, 0.5) is 5.69 Å². The zero-order valence-corrected chi connectivity index (χ0v) is 21.0. The van der Waals surface area contributed by atoms with Crippen molar-refractivity contribution in [3.8, 4) is 17.2 Å². The number of hydrogen-bond acceptors (Lipinski definition) is 6. The van der Waals surface area contributed by atoms with E-state index in [4.69, 9.17) is 14.2 Å². The van der Waals surface area contributed by atoms with Gasteiger partial charge in [-0.3, -0.25) is 14.5 Å². The lowest BCUT2D eigenvalue weighted by Gasteiger charge is -2.22. The molecule has 36 heavy (non-hydrogen) atoms. The quantitative estimate of drug-likeness (QED) is 0.631. The molecule has 2 aromatic rings. The zero-order valence-electron chi connectivity index (χ0n) is 21.0. The first kappa shape index (κ1) is 24.4. The van der Waals surface area contributed by atoms with Gasteiger partial charge in [0.2, 0.25) is 11.8 Å². The molecule has 2 fully saturated rings. The molecular formula is C28H35N3O5. The average molecular weight is 494 g/mol. The molecule has 2 aromatic carbocycles. The third-order valence-electron chi connectivity index (χ3n) is 7.28. The summed E-state index contributed by atoms with van der Waals surface area (Å²) in [4.78, 5) is 29.6. The van der Waals surface area contributed by atoms with Crippen LogP contribution in [0.15, 0.2) is 42.5 Å². The van der Waals surface area contributed by atoms with Gasteiger partial charge in [-0.05, 0) is 55.5 Å². The number of ether oxygens (including phenoxy) is 3. The van der Waals surface area contributed by atoms with E-state index in [0.29, 0.717) is 43.9 Å². The largest absolute Gasteiger partial charge is 0.497 e. The molecule has 0 radical (unpaired) electrons. The topological polar surface area (TPSA) is 80.3 Å². The molecular weight excluding hydrogens is 458 g/mol. The van der Waals surface area contributed by atoms with Gasteiger partial charge in [-0.25, -0.2) is 0 Å². The Kier molecular flexibility index (Phi) is 7.32. The van der Waals surface area contributed by atoms with Gasteiger partial charge in [0.15, 0.2) is 11.5 Å². The van der Waals surface area contributed by atoms with E-state index in [1.165, 1.54) is 0 Å². The van der Waals surface area contributed by atoms with Crippen molar-refractivity contribution in [1.29, 1.82) is 0 Å². The monoisotopic (exact) mass is 493 g/mol. The highest BCUT2D eigenvalue weighted by atomic mass is 16.7. The lowest BCUT2D eigenvalue weighted by Crippen LogP contribution is -2.38. The Labute approximate surface area is 212 Å². The van der Waals surface area contributed by atoms with Gasteiger partial charge in [0.1, 0.15) is 5.75 Å². The standard InChI is InChI=1S/C28H35N3O5/c1-34-23-9-5-21(6-10-23)7-12-27(33)31-16-4-15-30(17-18-31)20-26(32)29-22-8-11-24-25(19-22)36-28(35-24)13-2-3-14-28/h5-6,8-11,19H,2-4,7,12-18,20H2,1H3,(H,29,32). The van der Waals surface area contributed by atoms with Crippen LogP contribution in [0.1, 0.15) is 44.1 Å². The van der Waals surface area contributed by atoms with E-state index in [0.717, 1.165) is 62.3 Å². The number of anilines is 1. The minimum atomic E-state index is -0.505. The van der Waals surface area contributed by atoms with Gasteiger partial charge >= 0.3 is 0 Å². The fraction of sp³-hybridized carbons (Fsp3) is 0.500. The summed E-state index contributed by atoms with van der Waals surface area (Å²) in [5.74, 6) is 1.86. The number of nitrogens with one attached hydrogen (secondary N) is 1. The Bertz CT molecular complexity index is 1080. The number of hydrogen-bond donors (Lipinski definition) is 1. The molecule has 8 nitrogen and oxygen atoms in total. The smallest absolute Gasteiger partial charge is 0.251 e. The SMILES string of the molecule is COc1ccc(CCC(=O)N2CCCN(CC(=O)Nc3ccc4c(c3)OC3(CCCC3)O4)CC2)cc1. The number of fused-ring (bicyclic) bond motifs is 1. The first-order valence-electron chi connectivity index (χ1n) is 13.0. The average Bonchev–Trinajstić information content (AvgIpc) is 3.41. The van der Waals surface area contributed by atoms with E-state index in [9.17, 15) is 9.59 Å². The van der Waals surface area contributed by atoms with E-state index in [2.05, 4.69) is 10.2 Å². The van der Waals surface area contributed by atoms with Crippen LogP contribution in [0.25, 0.3) is 0 Å². The number of nitrogens with zero attached hydrogens (tertiary/aromatic N) is 2. The summed E-state index contributed by atoms with van der Waals surface area (Å²) in [7, 11) is 1.65. The molecule has 0 atom stereocenters. The highest BCUT2D eigenvalue weighted by molar-refractivity contribution is 5.92. The van der Waals surface area contributed by atoms with E-state index in [-0.39, 0.29) is 11.8 Å². The number of benzene rings is 2. The minimum Gasteiger partial charge on any atom is -0.497 e. The first-order chi connectivity index (χ1) is 17.5. The molecule has 1 N–H and O–H groups in total. The predicted molar refractivity (Wildman–Crippen MR) is 136 cm³/mol. The Hall–Kier alpha value is -3.26. The molecule has 0 bridgehead atoms. The molecule has 192 valence electrons. The third-order valence-corrected chi connectivity index (χ3v) is 7.28. The second kappa shape index (κ2) is 10.8. The van der Waals surface area contributed by atoms with E-state index < -0.39 is 5.79 Å². The van der Waals surface area contributed by atoms with Crippen LogP contribution in [0.3, 0.4) is 0 Å². The minimum absolute atomic E-state index is 0.0660. The lowest BCUT2D eigenvalue weighted by molar-refractivity contribution is -0.131. The van der Waals surface area contributed by atoms with Crippen LogP contribution in [-0.4, -0.2) is 67.2 Å². The number of carbonyl (C=O) groups is 2. The molecule has 2 aliphatic heterocycles. The van der Waals surface area contributed by atoms with Crippen LogP contribution in [0, 0.1) is 0 Å². The van der Waals surface area contributed by atoms with Crippen molar-refractivity contribution < 1.29 is 23.8 Å². The van der Waals surface area contributed by atoms with E-state index >= 15 is 0 Å². The van der Waals surface area contributed by atoms with Gasteiger partial charge in [0.25, 0.3) is 5.79 Å². The van der Waals surface area contributed by atoms with Crippen molar-refractivity contribution in [3.05, 3.63) is 48.0 Å². The van der Waals surface area contributed by atoms with Gasteiger partial charge < -0.3 is 24.4 Å². The summed E-state index contributed by atoms with van der Waals surface area (Å²) in [6.07, 6.45) is 6.07. The second-order valence-corrected chi connectivity index (χ2v) is 9.89. The third kappa shape index (κ3) is 5.75. The van der Waals surface area contributed by atoms with E-state index in [1.54, 1.807) is 7.11 Å². The van der Waals surface area contributed by atoms with Gasteiger partial charge in [-0.1, -0.05) is 12.1 Å². The van der Waals surface area contributed by atoms with Crippen molar-refractivity contribution in [2.24, 2.45) is 0 Å². The molecule has 1 saturated heterocycles. The van der Waals surface area contributed by atoms with Crippen LogP contribution in [0.5, 0.6) is 17.2 Å². The molecule has 1 saturated carbocycles. The summed E-state index contributed by atoms with van der Waals surface area (Å²) in [5, 5.41) is 2.99. The summed E-state index contributed by atoms with van der Waals surface area (Å²) >= 11 is 0. The highest BCUT2D eigenvalue weighted by Crippen LogP contribution is 2.47. The van der Waals surface area contributed by atoms with Crippen LogP contribution in [0.2, 0.25) is 0 Å². The molecule has 0 unspecified atom stereocenters. The molecule has 2 heterocycles. The molecule has 5 rings (SSSR count). The zero-order chi connectivity index (χ0) is 25.0. The van der Waals surface area contributed by atoms with E-state index in [1.807, 2.05) is 47.4 Å². The molecule has 0 aromatic heterocycles. The number of aryl methyl sites for hydroxylation is 1. The Morgan fingerprint density at radius 2 is 1.72 bits per heavy atom. The maximum absolute atomic E-state index is 12.8. The number of methoxy groups -OCH3 is 1. The maximum Gasteiger partial charge on any atom is 0.251 e. The van der Waals surface area contributed by atoms with Gasteiger partial charge in [0, 0.05) is 57.2 Å². The maximum atomic E-state index is 12.8. The Balaban J connectivity index is 1.07. The number of rotatable bonds is 7. The molecule has 8 heteroatoms. The van der Waals surface area contributed by atoms with Crippen molar-refractivity contribution in [2.45, 2.75) is 50.7 Å². The molecule has 1 spiro atoms. The second-order valence-electron chi connectivity index (χ2n) is 9.89. The molecule has 3 aliphatic rings. The summed E-state index contributed by atoms with van der Waals surface area (Å²) in [6.45, 7) is 3.14.